The second kappa shape index (κ2) is 13.0. The molecule has 0 N–H and O–H groups in total. The number of aromatic nitrogens is 2. The molecule has 2 aromatic carbocycles. The first-order chi connectivity index (χ1) is 18.4. The lowest BCUT2D eigenvalue weighted by Crippen LogP contribution is -2.46. The second-order valence-corrected chi connectivity index (χ2v) is 9.88. The molecule has 1 aliphatic rings. The molecule has 0 radical (unpaired) electrons. The van der Waals surface area contributed by atoms with Crippen molar-refractivity contribution in [1.82, 2.24) is 20.0 Å². The van der Waals surface area contributed by atoms with Crippen molar-refractivity contribution in [3.8, 4) is 17.0 Å². The summed E-state index contributed by atoms with van der Waals surface area (Å²) < 4.78 is 5.22. The van der Waals surface area contributed by atoms with Crippen LogP contribution in [0.4, 0.5) is 5.82 Å². The third kappa shape index (κ3) is 7.09. The molecule has 1 saturated heterocycles. The Labute approximate surface area is 225 Å². The summed E-state index contributed by atoms with van der Waals surface area (Å²) in [4.78, 5) is 31.9. The maximum atomic E-state index is 13.3. The van der Waals surface area contributed by atoms with Gasteiger partial charge in [-0.25, -0.2) is 0 Å². The summed E-state index contributed by atoms with van der Waals surface area (Å²) in [6, 6.07) is 21.8. The van der Waals surface area contributed by atoms with E-state index in [2.05, 4.69) is 27.2 Å². The van der Waals surface area contributed by atoms with Crippen molar-refractivity contribution in [3.05, 3.63) is 72.3 Å². The Morgan fingerprint density at radius 3 is 2.34 bits per heavy atom. The average molecular weight is 516 g/mol. The molecule has 8 nitrogen and oxygen atoms in total. The summed E-state index contributed by atoms with van der Waals surface area (Å²) in [6.45, 7) is 7.12. The van der Waals surface area contributed by atoms with Crippen molar-refractivity contribution in [2.75, 3.05) is 51.3 Å². The zero-order chi connectivity index (χ0) is 26.9. The van der Waals surface area contributed by atoms with E-state index in [-0.39, 0.29) is 24.3 Å². The monoisotopic (exact) mass is 515 g/mol. The number of amides is 2. The summed E-state index contributed by atoms with van der Waals surface area (Å²) in [5, 5.41) is 8.89. The first-order valence-corrected chi connectivity index (χ1v) is 13.3. The molecule has 2 heterocycles. The van der Waals surface area contributed by atoms with Gasteiger partial charge in [0.15, 0.2) is 5.82 Å². The quantitative estimate of drug-likeness (QED) is 0.430. The van der Waals surface area contributed by atoms with Gasteiger partial charge in [-0.2, -0.15) is 0 Å². The molecular weight excluding hydrogens is 478 g/mol. The fourth-order valence-electron chi connectivity index (χ4n) is 4.61. The predicted octanol–water partition coefficient (Wildman–Crippen LogP) is 3.92. The second-order valence-electron chi connectivity index (χ2n) is 9.88. The number of nitrogens with zero attached hydrogens (tertiary/aromatic N) is 5. The minimum atomic E-state index is -0.155. The number of benzene rings is 2. The highest BCUT2D eigenvalue weighted by Crippen LogP contribution is 2.22. The molecule has 2 amide bonds. The molecule has 0 unspecified atom stereocenters. The summed E-state index contributed by atoms with van der Waals surface area (Å²) >= 11 is 0. The van der Waals surface area contributed by atoms with Crippen molar-refractivity contribution < 1.29 is 14.3 Å². The summed E-state index contributed by atoms with van der Waals surface area (Å²) in [5.41, 5.74) is 2.93. The van der Waals surface area contributed by atoms with E-state index in [1.54, 1.807) is 12.0 Å². The van der Waals surface area contributed by atoms with Crippen LogP contribution in [0, 0.1) is 5.92 Å². The number of hydrogen-bond donors (Lipinski definition) is 0. The van der Waals surface area contributed by atoms with Gasteiger partial charge in [0.25, 0.3) is 0 Å². The highest BCUT2D eigenvalue weighted by Gasteiger charge is 2.25. The standard InChI is InChI=1S/C30H37N5O3/c1-23(2)30(37)35(19-16-24-8-5-4-6-9-24)22-29(36)34-18-7-17-33(20-21-34)28-15-14-27(31-32-28)25-10-12-26(38-3)13-11-25/h4-6,8-15,23H,7,16-22H2,1-3H3. The molecular formula is C30H37N5O3. The molecule has 4 rings (SSSR count). The van der Waals surface area contributed by atoms with Crippen molar-refractivity contribution in [3.63, 3.8) is 0 Å². The summed E-state index contributed by atoms with van der Waals surface area (Å²) in [5.74, 6) is 1.45. The number of carbonyl (C=O) groups excluding carboxylic acids is 2. The first-order valence-electron chi connectivity index (χ1n) is 13.3. The predicted molar refractivity (Wildman–Crippen MR) is 149 cm³/mol. The Morgan fingerprint density at radius 1 is 0.921 bits per heavy atom. The van der Waals surface area contributed by atoms with Crippen LogP contribution in [-0.4, -0.2) is 78.2 Å². The number of anilines is 1. The van der Waals surface area contributed by atoms with E-state index >= 15 is 0 Å². The van der Waals surface area contributed by atoms with Crippen molar-refractivity contribution in [2.45, 2.75) is 26.7 Å². The van der Waals surface area contributed by atoms with Crippen LogP contribution in [0.2, 0.25) is 0 Å². The number of hydrogen-bond acceptors (Lipinski definition) is 6. The zero-order valence-electron chi connectivity index (χ0n) is 22.5. The third-order valence-corrected chi connectivity index (χ3v) is 6.85. The van der Waals surface area contributed by atoms with Crippen LogP contribution in [0.5, 0.6) is 5.75 Å². The number of rotatable bonds is 9. The molecule has 200 valence electrons. The number of methoxy groups -OCH3 is 1. The van der Waals surface area contributed by atoms with E-state index in [9.17, 15) is 9.59 Å². The molecule has 0 spiro atoms. The van der Waals surface area contributed by atoms with Gasteiger partial charge in [0, 0.05) is 44.2 Å². The number of ether oxygens (including phenoxy) is 1. The van der Waals surface area contributed by atoms with Gasteiger partial charge in [-0.15, -0.1) is 10.2 Å². The summed E-state index contributed by atoms with van der Waals surface area (Å²) in [6.07, 6.45) is 1.56. The van der Waals surface area contributed by atoms with Gasteiger partial charge in [-0.1, -0.05) is 44.2 Å². The maximum Gasteiger partial charge on any atom is 0.242 e. The van der Waals surface area contributed by atoms with Crippen molar-refractivity contribution in [1.29, 1.82) is 0 Å². The Hall–Kier alpha value is -3.94. The van der Waals surface area contributed by atoms with E-state index in [4.69, 9.17) is 4.74 Å². The van der Waals surface area contributed by atoms with Crippen LogP contribution in [0.25, 0.3) is 11.3 Å². The van der Waals surface area contributed by atoms with E-state index in [0.717, 1.165) is 47.8 Å². The molecule has 38 heavy (non-hydrogen) atoms. The molecule has 1 fully saturated rings. The lowest BCUT2D eigenvalue weighted by Gasteiger charge is -2.28. The van der Waals surface area contributed by atoms with Gasteiger partial charge in [0.2, 0.25) is 11.8 Å². The van der Waals surface area contributed by atoms with E-state index in [0.29, 0.717) is 26.2 Å². The average Bonchev–Trinajstić information content (AvgIpc) is 3.22. The Bertz CT molecular complexity index is 1180. The highest BCUT2D eigenvalue weighted by atomic mass is 16.5. The first kappa shape index (κ1) is 27.1. The van der Waals surface area contributed by atoms with Crippen molar-refractivity contribution >= 4 is 17.6 Å². The van der Waals surface area contributed by atoms with E-state index in [1.807, 2.05) is 73.3 Å². The molecule has 1 aliphatic heterocycles. The minimum Gasteiger partial charge on any atom is -0.497 e. The van der Waals surface area contributed by atoms with Crippen LogP contribution < -0.4 is 9.64 Å². The van der Waals surface area contributed by atoms with Crippen LogP contribution in [0.1, 0.15) is 25.8 Å². The molecule has 0 aliphatic carbocycles. The number of carbonyl (C=O) groups is 2. The Balaban J connectivity index is 1.34. The Morgan fingerprint density at radius 2 is 1.68 bits per heavy atom. The molecule has 0 atom stereocenters. The van der Waals surface area contributed by atoms with E-state index < -0.39 is 0 Å². The van der Waals surface area contributed by atoms with Gasteiger partial charge in [0.05, 0.1) is 19.3 Å². The van der Waals surface area contributed by atoms with Crippen LogP contribution >= 0.6 is 0 Å². The van der Waals surface area contributed by atoms with Crippen molar-refractivity contribution in [2.24, 2.45) is 5.92 Å². The highest BCUT2D eigenvalue weighted by molar-refractivity contribution is 5.85. The maximum absolute atomic E-state index is 13.3. The molecule has 0 bridgehead atoms. The van der Waals surface area contributed by atoms with Gasteiger partial charge < -0.3 is 19.4 Å². The van der Waals surface area contributed by atoms with Gasteiger partial charge in [-0.05, 0) is 54.8 Å². The smallest absolute Gasteiger partial charge is 0.242 e. The molecule has 0 saturated carbocycles. The molecule has 1 aromatic heterocycles. The molecule has 3 aromatic rings. The fraction of sp³-hybridized carbons (Fsp3) is 0.400. The zero-order valence-corrected chi connectivity index (χ0v) is 22.5. The van der Waals surface area contributed by atoms with Gasteiger partial charge in [-0.3, -0.25) is 9.59 Å². The van der Waals surface area contributed by atoms with Crippen LogP contribution in [0.15, 0.2) is 66.7 Å². The normalized spacial score (nSPS) is 13.8. The Kier molecular flexibility index (Phi) is 9.30. The van der Waals surface area contributed by atoms with Crippen LogP contribution in [0.3, 0.4) is 0 Å². The topological polar surface area (TPSA) is 78.9 Å². The minimum absolute atomic E-state index is 0.00477. The fourth-order valence-corrected chi connectivity index (χ4v) is 4.61. The lowest BCUT2D eigenvalue weighted by molar-refractivity contribution is -0.142. The largest absolute Gasteiger partial charge is 0.497 e. The van der Waals surface area contributed by atoms with Crippen LogP contribution in [-0.2, 0) is 16.0 Å². The molecule has 8 heteroatoms. The lowest BCUT2D eigenvalue weighted by atomic mass is 10.1. The third-order valence-electron chi connectivity index (χ3n) is 6.85. The van der Waals surface area contributed by atoms with Gasteiger partial charge >= 0.3 is 0 Å². The summed E-state index contributed by atoms with van der Waals surface area (Å²) in [7, 11) is 1.65. The SMILES string of the molecule is COc1ccc(-c2ccc(N3CCCN(C(=O)CN(CCc4ccccc4)C(=O)C(C)C)CC3)nn2)cc1. The van der Waals surface area contributed by atoms with E-state index in [1.165, 1.54) is 0 Å². The van der Waals surface area contributed by atoms with Gasteiger partial charge in [0.1, 0.15) is 5.75 Å².